The molecule has 1 N–H and O–H groups in total. The lowest BCUT2D eigenvalue weighted by atomic mass is 10.2. The summed E-state index contributed by atoms with van der Waals surface area (Å²) in [6.07, 6.45) is 0. The molecule has 18 heavy (non-hydrogen) atoms. The van der Waals surface area contributed by atoms with E-state index in [9.17, 15) is 8.78 Å². The van der Waals surface area contributed by atoms with Gasteiger partial charge >= 0.3 is 0 Å². The topological polar surface area (TPSA) is 12.0 Å². The van der Waals surface area contributed by atoms with Crippen LogP contribution in [-0.2, 0) is 6.54 Å². The van der Waals surface area contributed by atoms with Crippen molar-refractivity contribution in [2.24, 2.45) is 0 Å². The van der Waals surface area contributed by atoms with Crippen molar-refractivity contribution in [1.29, 1.82) is 0 Å². The number of anilines is 1. The minimum absolute atomic E-state index is 0.0425. The number of halogens is 4. The number of nitrogens with one attached hydrogen (secondary N) is 1. The highest BCUT2D eigenvalue weighted by molar-refractivity contribution is 6.31. The second-order valence-electron chi connectivity index (χ2n) is 3.70. The van der Waals surface area contributed by atoms with E-state index < -0.39 is 11.6 Å². The third kappa shape index (κ3) is 2.92. The first kappa shape index (κ1) is 13.1. The SMILES string of the molecule is Fc1ccc(CNc2cccc(Cl)c2F)cc1Cl. The van der Waals surface area contributed by atoms with Gasteiger partial charge in [0.25, 0.3) is 0 Å². The standard InChI is InChI=1S/C13H9Cl2F2N/c14-9-2-1-3-12(13(9)17)18-7-8-4-5-11(16)10(15)6-8/h1-6,18H,7H2. The Morgan fingerprint density at radius 1 is 1.00 bits per heavy atom. The molecule has 94 valence electrons. The lowest BCUT2D eigenvalue weighted by Gasteiger charge is -2.08. The van der Waals surface area contributed by atoms with Crippen molar-refractivity contribution in [1.82, 2.24) is 0 Å². The van der Waals surface area contributed by atoms with Crippen LogP contribution < -0.4 is 5.32 Å². The summed E-state index contributed by atoms with van der Waals surface area (Å²) in [7, 11) is 0. The molecule has 0 unspecified atom stereocenters. The molecule has 0 aromatic heterocycles. The molecule has 2 aromatic carbocycles. The van der Waals surface area contributed by atoms with Crippen LogP contribution in [0, 0.1) is 11.6 Å². The van der Waals surface area contributed by atoms with Gasteiger partial charge in [-0.25, -0.2) is 8.78 Å². The summed E-state index contributed by atoms with van der Waals surface area (Å²) in [5.41, 5.74) is 1.05. The zero-order valence-electron chi connectivity index (χ0n) is 9.18. The molecule has 0 atom stereocenters. The second kappa shape index (κ2) is 5.55. The quantitative estimate of drug-likeness (QED) is 0.848. The van der Waals surface area contributed by atoms with Crippen molar-refractivity contribution in [2.45, 2.75) is 6.54 Å². The lowest BCUT2D eigenvalue weighted by molar-refractivity contribution is 0.626. The summed E-state index contributed by atoms with van der Waals surface area (Å²) >= 11 is 11.3. The Balaban J connectivity index is 2.11. The predicted octanol–water partition coefficient (Wildman–Crippen LogP) is 4.88. The fourth-order valence-electron chi connectivity index (χ4n) is 1.49. The van der Waals surface area contributed by atoms with Crippen molar-refractivity contribution in [3.8, 4) is 0 Å². The Bertz CT molecular complexity index is 573. The van der Waals surface area contributed by atoms with Crippen molar-refractivity contribution >= 4 is 28.9 Å². The minimum atomic E-state index is -0.507. The molecule has 0 amide bonds. The molecule has 2 rings (SSSR count). The van der Waals surface area contributed by atoms with Gasteiger partial charge in [-0.3, -0.25) is 0 Å². The van der Waals surface area contributed by atoms with E-state index in [4.69, 9.17) is 23.2 Å². The molecule has 0 saturated carbocycles. The molecule has 1 nitrogen and oxygen atoms in total. The molecule has 0 aliphatic carbocycles. The fourth-order valence-corrected chi connectivity index (χ4v) is 1.86. The summed E-state index contributed by atoms with van der Waals surface area (Å²) < 4.78 is 26.5. The van der Waals surface area contributed by atoms with Crippen LogP contribution in [0.1, 0.15) is 5.56 Å². The maximum Gasteiger partial charge on any atom is 0.164 e. The van der Waals surface area contributed by atoms with Crippen molar-refractivity contribution < 1.29 is 8.78 Å². The molecule has 2 aromatic rings. The summed E-state index contributed by atoms with van der Waals surface area (Å²) in [5, 5.41) is 2.97. The van der Waals surface area contributed by atoms with E-state index in [-0.39, 0.29) is 10.0 Å². The van der Waals surface area contributed by atoms with Gasteiger partial charge in [-0.2, -0.15) is 0 Å². The van der Waals surface area contributed by atoms with Gasteiger partial charge in [0.1, 0.15) is 5.82 Å². The van der Waals surface area contributed by atoms with E-state index in [1.807, 2.05) is 0 Å². The molecule has 5 heteroatoms. The van der Waals surface area contributed by atoms with E-state index in [1.165, 1.54) is 18.2 Å². The first-order chi connectivity index (χ1) is 8.58. The Morgan fingerprint density at radius 2 is 1.78 bits per heavy atom. The first-order valence-electron chi connectivity index (χ1n) is 5.20. The van der Waals surface area contributed by atoms with Crippen LogP contribution in [0.25, 0.3) is 0 Å². The van der Waals surface area contributed by atoms with Crippen LogP contribution in [0.4, 0.5) is 14.5 Å². The molecular weight excluding hydrogens is 279 g/mol. The third-order valence-electron chi connectivity index (χ3n) is 2.42. The zero-order chi connectivity index (χ0) is 13.1. The zero-order valence-corrected chi connectivity index (χ0v) is 10.7. The summed E-state index contributed by atoms with van der Waals surface area (Å²) in [4.78, 5) is 0. The van der Waals surface area contributed by atoms with Gasteiger partial charge in [-0.1, -0.05) is 35.3 Å². The largest absolute Gasteiger partial charge is 0.379 e. The predicted molar refractivity (Wildman–Crippen MR) is 70.1 cm³/mol. The molecule has 0 heterocycles. The van der Waals surface area contributed by atoms with Crippen LogP contribution >= 0.6 is 23.2 Å². The number of hydrogen-bond acceptors (Lipinski definition) is 1. The van der Waals surface area contributed by atoms with Gasteiger partial charge in [0.2, 0.25) is 0 Å². The molecule has 0 saturated heterocycles. The van der Waals surface area contributed by atoms with Gasteiger partial charge in [0.05, 0.1) is 15.7 Å². The molecule has 0 bridgehead atoms. The molecule has 0 radical (unpaired) electrons. The van der Waals surface area contributed by atoms with Gasteiger partial charge in [0, 0.05) is 6.54 Å². The van der Waals surface area contributed by atoms with Crippen molar-refractivity contribution in [3.05, 3.63) is 63.6 Å². The highest BCUT2D eigenvalue weighted by atomic mass is 35.5. The average Bonchev–Trinajstić information content (AvgIpc) is 2.35. The maximum atomic E-state index is 13.6. The molecule has 0 spiro atoms. The monoisotopic (exact) mass is 287 g/mol. The Morgan fingerprint density at radius 3 is 2.50 bits per heavy atom. The third-order valence-corrected chi connectivity index (χ3v) is 3.00. The normalized spacial score (nSPS) is 10.4. The number of benzene rings is 2. The molecule has 0 fully saturated rings. The summed E-state index contributed by atoms with van der Waals surface area (Å²) in [6.45, 7) is 0.331. The van der Waals surface area contributed by atoms with Crippen LogP contribution in [0.5, 0.6) is 0 Å². The van der Waals surface area contributed by atoms with Crippen LogP contribution in [0.2, 0.25) is 10.0 Å². The van der Waals surface area contributed by atoms with Crippen molar-refractivity contribution in [3.63, 3.8) is 0 Å². The van der Waals surface area contributed by atoms with E-state index in [1.54, 1.807) is 18.2 Å². The fraction of sp³-hybridized carbons (Fsp3) is 0.0769. The number of rotatable bonds is 3. The van der Waals surface area contributed by atoms with Crippen LogP contribution in [-0.4, -0.2) is 0 Å². The lowest BCUT2D eigenvalue weighted by Crippen LogP contribution is -2.01. The molecule has 0 aliphatic rings. The number of hydrogen-bond donors (Lipinski definition) is 1. The highest BCUT2D eigenvalue weighted by Crippen LogP contribution is 2.23. The van der Waals surface area contributed by atoms with E-state index in [0.717, 1.165) is 5.56 Å². The highest BCUT2D eigenvalue weighted by Gasteiger charge is 2.06. The molecular formula is C13H9Cl2F2N. The Labute approximate surface area is 113 Å². The van der Waals surface area contributed by atoms with Gasteiger partial charge in [-0.15, -0.1) is 0 Å². The van der Waals surface area contributed by atoms with Gasteiger partial charge in [-0.05, 0) is 29.8 Å². The first-order valence-corrected chi connectivity index (χ1v) is 5.95. The van der Waals surface area contributed by atoms with Gasteiger partial charge < -0.3 is 5.32 Å². The van der Waals surface area contributed by atoms with Gasteiger partial charge in [0.15, 0.2) is 5.82 Å². The molecule has 0 aliphatic heterocycles. The smallest absolute Gasteiger partial charge is 0.164 e. The summed E-state index contributed by atoms with van der Waals surface area (Å²) in [6, 6.07) is 9.03. The van der Waals surface area contributed by atoms with Crippen LogP contribution in [0.15, 0.2) is 36.4 Å². The average molecular weight is 288 g/mol. The Hall–Kier alpha value is -1.32. The van der Waals surface area contributed by atoms with E-state index >= 15 is 0 Å². The van der Waals surface area contributed by atoms with E-state index in [2.05, 4.69) is 5.32 Å². The van der Waals surface area contributed by atoms with Crippen molar-refractivity contribution in [2.75, 3.05) is 5.32 Å². The van der Waals surface area contributed by atoms with Crippen LogP contribution in [0.3, 0.4) is 0 Å². The minimum Gasteiger partial charge on any atom is -0.379 e. The Kier molecular flexibility index (Phi) is 4.04. The second-order valence-corrected chi connectivity index (χ2v) is 4.52. The van der Waals surface area contributed by atoms with E-state index in [0.29, 0.717) is 12.2 Å². The maximum absolute atomic E-state index is 13.6. The summed E-state index contributed by atoms with van der Waals surface area (Å²) in [5.74, 6) is -0.985.